The van der Waals surface area contributed by atoms with Crippen LogP contribution < -0.4 is 19.9 Å². The minimum Gasteiger partial charge on any atom is -0.496 e. The van der Waals surface area contributed by atoms with Crippen molar-refractivity contribution >= 4 is 35.1 Å². The largest absolute Gasteiger partial charge is 0.496 e. The van der Waals surface area contributed by atoms with Gasteiger partial charge in [-0.15, -0.1) is 0 Å². The van der Waals surface area contributed by atoms with Gasteiger partial charge in [0.25, 0.3) is 16.8 Å². The third-order valence-electron chi connectivity index (χ3n) is 5.22. The molecule has 2 aromatic carbocycles. The third kappa shape index (κ3) is 5.92. The van der Waals surface area contributed by atoms with Crippen molar-refractivity contribution in [3.05, 3.63) is 69.6 Å². The highest BCUT2D eigenvalue weighted by Gasteiger charge is 2.23. The third-order valence-corrected chi connectivity index (χ3v) is 5.63. The molecule has 0 radical (unpaired) electrons. The van der Waals surface area contributed by atoms with Gasteiger partial charge in [-0.05, 0) is 40.8 Å². The molecule has 1 atom stereocenters. The Hall–Kier alpha value is -3.43. The molecule has 3 N–H and O–H groups in total. The Balaban J connectivity index is 2.10. The van der Waals surface area contributed by atoms with Crippen molar-refractivity contribution in [2.45, 2.75) is 26.2 Å². The number of anilines is 2. The second-order valence-corrected chi connectivity index (χ2v) is 9.75. The Morgan fingerprint density at radius 1 is 1.15 bits per heavy atom. The highest BCUT2D eigenvalue weighted by molar-refractivity contribution is 7.80. The molecular weight excluding hydrogens is 452 g/mol. The molecular formula is C25H30N4O4S. The highest BCUT2D eigenvalue weighted by Crippen LogP contribution is 2.38. The second kappa shape index (κ2) is 10.2. The molecule has 0 fully saturated rings. The summed E-state index contributed by atoms with van der Waals surface area (Å²) in [6, 6.07) is 11.0. The average molecular weight is 483 g/mol. The maximum atomic E-state index is 12.8. The summed E-state index contributed by atoms with van der Waals surface area (Å²) in [6.45, 7) is 6.28. The van der Waals surface area contributed by atoms with Gasteiger partial charge in [0.1, 0.15) is 5.75 Å². The molecule has 0 aliphatic carbocycles. The normalized spacial score (nSPS) is 12.6. The maximum Gasteiger partial charge on any atom is 0.260 e. The summed E-state index contributed by atoms with van der Waals surface area (Å²) >= 11 is -2.12. The van der Waals surface area contributed by atoms with Gasteiger partial charge >= 0.3 is 0 Å². The molecule has 0 aliphatic rings. The van der Waals surface area contributed by atoms with Crippen molar-refractivity contribution in [2.75, 3.05) is 30.8 Å². The summed E-state index contributed by atoms with van der Waals surface area (Å²) < 4.78 is 28.1. The van der Waals surface area contributed by atoms with Crippen molar-refractivity contribution in [3.8, 4) is 16.9 Å². The molecule has 8 nitrogen and oxygen atoms in total. The lowest BCUT2D eigenvalue weighted by atomic mass is 9.83. The van der Waals surface area contributed by atoms with Crippen LogP contribution in [0.5, 0.6) is 5.75 Å². The molecule has 34 heavy (non-hydrogen) atoms. The lowest BCUT2D eigenvalue weighted by molar-refractivity contribution is 0.397. The van der Waals surface area contributed by atoms with Gasteiger partial charge < -0.3 is 9.64 Å². The van der Waals surface area contributed by atoms with Crippen molar-refractivity contribution < 1.29 is 13.5 Å². The summed E-state index contributed by atoms with van der Waals surface area (Å²) in [7, 11) is 5.27. The summed E-state index contributed by atoms with van der Waals surface area (Å²) in [4.78, 5) is 21.8. The van der Waals surface area contributed by atoms with Gasteiger partial charge in [-0.3, -0.25) is 19.1 Å². The Morgan fingerprint density at radius 2 is 1.82 bits per heavy atom. The standard InChI is InChI=1S/C25H30N4O4S/c1-25(2,3)21-14-18(20-15-26-24(29(4)5)27-23(20)30)13-17(22(21)33-6)10-7-16-8-11-19(12-9-16)28-34(31)32/h7-15,28H,1-6H3,(H,31,32)(H,26,27,30)/b10-7+. The van der Waals surface area contributed by atoms with E-state index in [0.29, 0.717) is 17.2 Å². The van der Waals surface area contributed by atoms with E-state index in [1.54, 1.807) is 30.3 Å². The zero-order valence-corrected chi connectivity index (χ0v) is 21.0. The molecule has 0 amide bonds. The minimum absolute atomic E-state index is 0.219. The van der Waals surface area contributed by atoms with Crippen molar-refractivity contribution in [2.24, 2.45) is 0 Å². The van der Waals surface area contributed by atoms with Gasteiger partial charge in [0, 0.05) is 37.1 Å². The van der Waals surface area contributed by atoms with E-state index in [4.69, 9.17) is 9.29 Å². The first-order valence-electron chi connectivity index (χ1n) is 10.6. The fourth-order valence-corrected chi connectivity index (χ4v) is 3.82. The molecule has 180 valence electrons. The van der Waals surface area contributed by atoms with Crippen LogP contribution in [0.25, 0.3) is 23.3 Å². The van der Waals surface area contributed by atoms with Gasteiger partial charge in [0.15, 0.2) is 0 Å². The molecule has 0 spiro atoms. The molecule has 0 saturated carbocycles. The number of aromatic amines is 1. The van der Waals surface area contributed by atoms with E-state index in [9.17, 15) is 9.00 Å². The fraction of sp³-hybridized carbons (Fsp3) is 0.280. The topological polar surface area (TPSA) is 108 Å². The fourth-order valence-electron chi connectivity index (χ4n) is 3.48. The van der Waals surface area contributed by atoms with Crippen LogP contribution in [0.1, 0.15) is 37.5 Å². The number of rotatable bonds is 7. The van der Waals surface area contributed by atoms with Gasteiger partial charge in [0.05, 0.1) is 12.7 Å². The Bertz CT molecular complexity index is 1280. The SMILES string of the molecule is COc1c(/C=C/c2ccc(NS(=O)O)cc2)cc(-c2cnc(N(C)C)[nH]c2=O)cc1C(C)(C)C. The second-order valence-electron chi connectivity index (χ2n) is 9.05. The number of benzene rings is 2. The van der Waals surface area contributed by atoms with Gasteiger partial charge in [-0.25, -0.2) is 9.19 Å². The Kier molecular flexibility index (Phi) is 7.58. The molecule has 1 heterocycles. The van der Waals surface area contributed by atoms with E-state index in [1.807, 2.05) is 50.5 Å². The van der Waals surface area contributed by atoms with Crippen molar-refractivity contribution in [3.63, 3.8) is 0 Å². The van der Waals surface area contributed by atoms with E-state index in [2.05, 4.69) is 35.5 Å². The summed E-state index contributed by atoms with van der Waals surface area (Å²) in [6.07, 6.45) is 5.44. The lowest BCUT2D eigenvalue weighted by Crippen LogP contribution is -2.20. The number of hydrogen-bond donors (Lipinski definition) is 3. The Labute approximate surface area is 202 Å². The first-order chi connectivity index (χ1) is 16.0. The molecule has 9 heteroatoms. The number of H-pyrrole nitrogens is 1. The van der Waals surface area contributed by atoms with Gasteiger partial charge in [-0.1, -0.05) is 45.1 Å². The number of aromatic nitrogens is 2. The zero-order chi connectivity index (χ0) is 25.0. The van der Waals surface area contributed by atoms with Crippen LogP contribution in [0.4, 0.5) is 11.6 Å². The van der Waals surface area contributed by atoms with E-state index >= 15 is 0 Å². The van der Waals surface area contributed by atoms with Crippen LogP contribution in [-0.4, -0.2) is 39.9 Å². The molecule has 0 bridgehead atoms. The monoisotopic (exact) mass is 482 g/mol. The predicted octanol–water partition coefficient (Wildman–Crippen LogP) is 4.53. The Morgan fingerprint density at radius 3 is 2.35 bits per heavy atom. The first-order valence-corrected chi connectivity index (χ1v) is 11.8. The summed E-state index contributed by atoms with van der Waals surface area (Å²) in [5.41, 5.74) is 3.99. The molecule has 1 unspecified atom stereocenters. The summed E-state index contributed by atoms with van der Waals surface area (Å²) in [5.74, 6) is 1.22. The van der Waals surface area contributed by atoms with Crippen LogP contribution in [0.3, 0.4) is 0 Å². The highest BCUT2D eigenvalue weighted by atomic mass is 32.2. The van der Waals surface area contributed by atoms with Crippen molar-refractivity contribution in [1.82, 2.24) is 9.97 Å². The van der Waals surface area contributed by atoms with Crippen LogP contribution in [0.15, 0.2) is 47.4 Å². The molecule has 0 aliphatic heterocycles. The summed E-state index contributed by atoms with van der Waals surface area (Å²) in [5, 5.41) is 0. The van der Waals surface area contributed by atoms with Crippen LogP contribution in [0, 0.1) is 0 Å². The average Bonchev–Trinajstić information content (AvgIpc) is 2.76. The number of nitrogens with zero attached hydrogens (tertiary/aromatic N) is 2. The molecule has 1 aromatic heterocycles. The number of methoxy groups -OCH3 is 1. The number of ether oxygens (including phenoxy) is 1. The molecule has 3 rings (SSSR count). The van der Waals surface area contributed by atoms with Crippen LogP contribution in [0.2, 0.25) is 0 Å². The number of hydrogen-bond acceptors (Lipinski definition) is 5. The lowest BCUT2D eigenvalue weighted by Gasteiger charge is -2.24. The molecule has 3 aromatic rings. The van der Waals surface area contributed by atoms with Crippen LogP contribution in [-0.2, 0) is 16.7 Å². The maximum absolute atomic E-state index is 12.8. The van der Waals surface area contributed by atoms with E-state index in [1.165, 1.54) is 0 Å². The van der Waals surface area contributed by atoms with E-state index in [0.717, 1.165) is 28.0 Å². The van der Waals surface area contributed by atoms with E-state index in [-0.39, 0.29) is 11.0 Å². The quantitative estimate of drug-likeness (QED) is 0.337. The van der Waals surface area contributed by atoms with Gasteiger partial charge in [0.2, 0.25) is 5.95 Å². The zero-order valence-electron chi connectivity index (χ0n) is 20.2. The van der Waals surface area contributed by atoms with Gasteiger partial charge in [-0.2, -0.15) is 0 Å². The molecule has 0 saturated heterocycles. The minimum atomic E-state index is -2.12. The smallest absolute Gasteiger partial charge is 0.260 e. The van der Waals surface area contributed by atoms with Crippen LogP contribution >= 0.6 is 0 Å². The number of nitrogens with one attached hydrogen (secondary N) is 2. The first kappa shape index (κ1) is 25.2. The van der Waals surface area contributed by atoms with Crippen molar-refractivity contribution in [1.29, 1.82) is 0 Å². The van der Waals surface area contributed by atoms with E-state index < -0.39 is 11.3 Å². The predicted molar refractivity (Wildman–Crippen MR) is 140 cm³/mol.